The highest BCUT2D eigenvalue weighted by atomic mass is 16.1. The molecule has 90 valence electrons. The van der Waals surface area contributed by atoms with Crippen molar-refractivity contribution in [2.45, 2.75) is 6.92 Å². The molecule has 2 nitrogen and oxygen atoms in total. The summed E-state index contributed by atoms with van der Waals surface area (Å²) in [4.78, 5) is 11.4. The van der Waals surface area contributed by atoms with Gasteiger partial charge in [0.05, 0.1) is 0 Å². The van der Waals surface area contributed by atoms with Crippen LogP contribution >= 0.6 is 0 Å². The van der Waals surface area contributed by atoms with Gasteiger partial charge >= 0.3 is 0 Å². The lowest BCUT2D eigenvalue weighted by molar-refractivity contribution is -0.111. The van der Waals surface area contributed by atoms with E-state index in [0.717, 1.165) is 11.3 Å². The Balaban J connectivity index is 2.13. The number of benzene rings is 2. The summed E-state index contributed by atoms with van der Waals surface area (Å²) in [7, 11) is 0. The highest BCUT2D eigenvalue weighted by Crippen LogP contribution is 2.20. The summed E-state index contributed by atoms with van der Waals surface area (Å²) >= 11 is 0. The van der Waals surface area contributed by atoms with E-state index in [1.54, 1.807) is 6.08 Å². The molecular weight excluding hydrogens is 222 g/mol. The minimum atomic E-state index is -0.107. The van der Waals surface area contributed by atoms with E-state index >= 15 is 0 Å². The molecule has 0 aliphatic carbocycles. The van der Waals surface area contributed by atoms with Crippen LogP contribution in [0, 0.1) is 0 Å². The summed E-state index contributed by atoms with van der Waals surface area (Å²) in [5, 5.41) is 2.80. The summed E-state index contributed by atoms with van der Waals surface area (Å²) in [6, 6.07) is 18.0. The third kappa shape index (κ3) is 3.08. The highest BCUT2D eigenvalue weighted by molar-refractivity contribution is 5.99. The van der Waals surface area contributed by atoms with Gasteiger partial charge in [-0.15, -0.1) is 0 Å². The maximum absolute atomic E-state index is 11.4. The zero-order valence-corrected chi connectivity index (χ0v) is 10.3. The molecule has 0 saturated carbocycles. The van der Waals surface area contributed by atoms with Crippen molar-refractivity contribution in [2.24, 2.45) is 0 Å². The summed E-state index contributed by atoms with van der Waals surface area (Å²) < 4.78 is 0. The molecule has 0 aliphatic heterocycles. The fourth-order valence-corrected chi connectivity index (χ4v) is 1.71. The molecule has 0 aliphatic rings. The van der Waals surface area contributed by atoms with E-state index in [9.17, 15) is 4.79 Å². The van der Waals surface area contributed by atoms with Crippen LogP contribution in [-0.2, 0) is 4.79 Å². The van der Waals surface area contributed by atoms with Gasteiger partial charge in [-0.3, -0.25) is 4.79 Å². The third-order valence-corrected chi connectivity index (χ3v) is 2.58. The van der Waals surface area contributed by atoms with Crippen LogP contribution in [0.4, 0.5) is 5.69 Å². The topological polar surface area (TPSA) is 29.1 Å². The molecule has 0 fully saturated rings. The smallest absolute Gasteiger partial charge is 0.248 e. The van der Waals surface area contributed by atoms with Crippen molar-refractivity contribution in [1.82, 2.24) is 0 Å². The Hall–Kier alpha value is -2.35. The van der Waals surface area contributed by atoms with Crippen molar-refractivity contribution in [1.29, 1.82) is 0 Å². The van der Waals surface area contributed by atoms with Crippen LogP contribution in [0.1, 0.15) is 6.92 Å². The Bertz CT molecular complexity index is 541. The molecule has 1 N–H and O–H groups in total. The van der Waals surface area contributed by atoms with Crippen molar-refractivity contribution in [3.05, 3.63) is 66.7 Å². The molecule has 0 spiro atoms. The molecular formula is C16H15NO. The maximum atomic E-state index is 11.4. The average molecular weight is 237 g/mol. The number of hydrogen-bond donors (Lipinski definition) is 1. The summed E-state index contributed by atoms with van der Waals surface area (Å²) in [6.07, 6.45) is 3.22. The molecule has 18 heavy (non-hydrogen) atoms. The molecule has 0 bridgehead atoms. The van der Waals surface area contributed by atoms with Gasteiger partial charge < -0.3 is 5.32 Å². The molecule has 2 aromatic carbocycles. The molecule has 2 rings (SSSR count). The fraction of sp³-hybridized carbons (Fsp3) is 0.0625. The van der Waals surface area contributed by atoms with Crippen LogP contribution in [0.15, 0.2) is 66.7 Å². The minimum Gasteiger partial charge on any atom is -0.323 e. The van der Waals surface area contributed by atoms with Gasteiger partial charge in [0.1, 0.15) is 0 Å². The summed E-state index contributed by atoms with van der Waals surface area (Å²) in [5.74, 6) is -0.107. The number of allylic oxidation sites excluding steroid dienone is 1. The Morgan fingerprint density at radius 2 is 1.56 bits per heavy atom. The average Bonchev–Trinajstić information content (AvgIpc) is 2.41. The summed E-state index contributed by atoms with van der Waals surface area (Å²) in [6.45, 7) is 1.82. The Labute approximate surface area is 107 Å². The standard InChI is InChI=1S/C16H15NO/c1-2-6-16(18)17-15-11-9-14(10-12-15)13-7-4-3-5-8-13/h2-12H,1H3,(H,17,18)/b6-2+. The number of carbonyl (C=O) groups excluding carboxylic acids is 1. The van der Waals surface area contributed by atoms with Crippen LogP contribution in [0.25, 0.3) is 11.1 Å². The van der Waals surface area contributed by atoms with Gasteiger partial charge in [0, 0.05) is 5.69 Å². The molecule has 0 heterocycles. The Morgan fingerprint density at radius 1 is 0.944 bits per heavy atom. The van der Waals surface area contributed by atoms with Crippen molar-refractivity contribution >= 4 is 11.6 Å². The highest BCUT2D eigenvalue weighted by Gasteiger charge is 1.99. The number of hydrogen-bond acceptors (Lipinski definition) is 1. The Morgan fingerprint density at radius 3 is 2.17 bits per heavy atom. The lowest BCUT2D eigenvalue weighted by Gasteiger charge is -2.04. The molecule has 0 atom stereocenters. The minimum absolute atomic E-state index is 0.107. The zero-order valence-electron chi connectivity index (χ0n) is 10.3. The van der Waals surface area contributed by atoms with Gasteiger partial charge in [-0.2, -0.15) is 0 Å². The van der Waals surface area contributed by atoms with Gasteiger partial charge in [-0.25, -0.2) is 0 Å². The SMILES string of the molecule is C/C=C/C(=O)Nc1ccc(-c2ccccc2)cc1. The number of nitrogens with one attached hydrogen (secondary N) is 1. The molecule has 0 radical (unpaired) electrons. The fourth-order valence-electron chi connectivity index (χ4n) is 1.71. The first-order valence-corrected chi connectivity index (χ1v) is 5.89. The van der Waals surface area contributed by atoms with E-state index in [4.69, 9.17) is 0 Å². The van der Waals surface area contributed by atoms with E-state index in [1.165, 1.54) is 11.6 Å². The first-order valence-electron chi connectivity index (χ1n) is 5.89. The monoisotopic (exact) mass is 237 g/mol. The lowest BCUT2D eigenvalue weighted by atomic mass is 10.1. The summed E-state index contributed by atoms with van der Waals surface area (Å²) in [5.41, 5.74) is 3.11. The zero-order chi connectivity index (χ0) is 12.8. The van der Waals surface area contributed by atoms with Crippen molar-refractivity contribution in [2.75, 3.05) is 5.32 Å². The quantitative estimate of drug-likeness (QED) is 0.807. The Kier molecular flexibility index (Phi) is 3.92. The first-order chi connectivity index (χ1) is 8.79. The van der Waals surface area contributed by atoms with Crippen LogP contribution in [-0.4, -0.2) is 5.91 Å². The molecule has 2 heteroatoms. The predicted octanol–water partition coefficient (Wildman–Crippen LogP) is 3.87. The van der Waals surface area contributed by atoms with Crippen LogP contribution < -0.4 is 5.32 Å². The van der Waals surface area contributed by atoms with E-state index in [1.807, 2.05) is 49.4 Å². The number of rotatable bonds is 3. The van der Waals surface area contributed by atoms with Gasteiger partial charge in [0.2, 0.25) is 5.91 Å². The van der Waals surface area contributed by atoms with E-state index in [0.29, 0.717) is 0 Å². The lowest BCUT2D eigenvalue weighted by Crippen LogP contribution is -2.07. The van der Waals surface area contributed by atoms with Gasteiger partial charge in [0.15, 0.2) is 0 Å². The van der Waals surface area contributed by atoms with Gasteiger partial charge in [-0.05, 0) is 36.3 Å². The van der Waals surface area contributed by atoms with Gasteiger partial charge in [-0.1, -0.05) is 48.5 Å². The number of carbonyl (C=O) groups is 1. The van der Waals surface area contributed by atoms with Crippen LogP contribution in [0.3, 0.4) is 0 Å². The number of amides is 1. The van der Waals surface area contributed by atoms with E-state index in [-0.39, 0.29) is 5.91 Å². The molecule has 2 aromatic rings. The third-order valence-electron chi connectivity index (χ3n) is 2.58. The van der Waals surface area contributed by atoms with E-state index < -0.39 is 0 Å². The van der Waals surface area contributed by atoms with Crippen LogP contribution in [0.5, 0.6) is 0 Å². The molecule has 1 amide bonds. The molecule has 0 unspecified atom stereocenters. The second kappa shape index (κ2) is 5.82. The molecule has 0 saturated heterocycles. The van der Waals surface area contributed by atoms with Crippen molar-refractivity contribution < 1.29 is 4.79 Å². The molecule has 0 aromatic heterocycles. The second-order valence-electron chi connectivity index (χ2n) is 3.93. The predicted molar refractivity (Wildman–Crippen MR) is 75.3 cm³/mol. The second-order valence-corrected chi connectivity index (χ2v) is 3.93. The van der Waals surface area contributed by atoms with E-state index in [2.05, 4.69) is 17.4 Å². The maximum Gasteiger partial charge on any atom is 0.248 e. The van der Waals surface area contributed by atoms with Crippen LogP contribution in [0.2, 0.25) is 0 Å². The van der Waals surface area contributed by atoms with Crippen molar-refractivity contribution in [3.63, 3.8) is 0 Å². The first kappa shape index (κ1) is 12.1. The van der Waals surface area contributed by atoms with Gasteiger partial charge in [0.25, 0.3) is 0 Å². The van der Waals surface area contributed by atoms with Crippen molar-refractivity contribution in [3.8, 4) is 11.1 Å². The number of anilines is 1. The largest absolute Gasteiger partial charge is 0.323 e. The normalized spacial score (nSPS) is 10.5.